The number of ether oxygens (including phenoxy) is 1. The minimum Gasteiger partial charge on any atom is -0.460 e. The molecule has 2 aromatic carbocycles. The number of allylic oxidation sites excluding steroid dienone is 3. The van der Waals surface area contributed by atoms with Gasteiger partial charge >= 0.3 is 5.97 Å². The second kappa shape index (κ2) is 9.67. The van der Waals surface area contributed by atoms with Gasteiger partial charge in [0.1, 0.15) is 0 Å². The molecule has 34 heavy (non-hydrogen) atoms. The molecule has 6 heteroatoms. The van der Waals surface area contributed by atoms with Crippen molar-refractivity contribution in [2.45, 2.75) is 51.6 Å². The number of nitrogens with zero attached hydrogens (tertiary/aromatic N) is 1. The molecule has 0 aromatic heterocycles. The first-order chi connectivity index (χ1) is 16.2. The van der Waals surface area contributed by atoms with Crippen molar-refractivity contribution in [3.05, 3.63) is 87.2 Å². The van der Waals surface area contributed by atoms with Gasteiger partial charge in [0.2, 0.25) is 0 Å². The SMILES string of the molecule is CC1=C(C(=O)OC(C)C)[C@H](c2cccc(Cl)c2)C2=C(C[C@@H](c3ccc(N(C)C)cc3)CC2=O)N1. The highest BCUT2D eigenvalue weighted by molar-refractivity contribution is 6.30. The number of benzene rings is 2. The van der Waals surface area contributed by atoms with Crippen molar-refractivity contribution < 1.29 is 14.3 Å². The fourth-order valence-corrected chi connectivity index (χ4v) is 5.09. The van der Waals surface area contributed by atoms with E-state index >= 15 is 0 Å². The van der Waals surface area contributed by atoms with Crippen molar-refractivity contribution in [2.75, 3.05) is 19.0 Å². The van der Waals surface area contributed by atoms with Gasteiger partial charge in [-0.15, -0.1) is 0 Å². The molecule has 1 N–H and O–H groups in total. The maximum atomic E-state index is 13.6. The molecule has 1 aliphatic heterocycles. The van der Waals surface area contributed by atoms with Crippen LogP contribution < -0.4 is 10.2 Å². The highest BCUT2D eigenvalue weighted by Crippen LogP contribution is 2.46. The second-order valence-corrected chi connectivity index (χ2v) is 9.95. The van der Waals surface area contributed by atoms with Gasteiger partial charge in [-0.1, -0.05) is 35.9 Å². The fourth-order valence-electron chi connectivity index (χ4n) is 4.89. The first-order valence-electron chi connectivity index (χ1n) is 11.6. The van der Waals surface area contributed by atoms with Gasteiger partial charge in [-0.3, -0.25) is 4.79 Å². The van der Waals surface area contributed by atoms with E-state index in [0.717, 1.165) is 22.5 Å². The Kier molecular flexibility index (Phi) is 6.85. The maximum Gasteiger partial charge on any atom is 0.337 e. The normalized spacial score (nSPS) is 20.3. The summed E-state index contributed by atoms with van der Waals surface area (Å²) in [5, 5.41) is 3.96. The van der Waals surface area contributed by atoms with E-state index in [9.17, 15) is 9.59 Å². The number of nitrogens with one attached hydrogen (secondary N) is 1. The van der Waals surface area contributed by atoms with Crippen LogP contribution in [0, 0.1) is 0 Å². The number of rotatable bonds is 5. The monoisotopic (exact) mass is 478 g/mol. The minimum atomic E-state index is -0.509. The molecule has 0 fully saturated rings. The number of dihydropyridines is 1. The molecular formula is C28H31ClN2O3. The highest BCUT2D eigenvalue weighted by atomic mass is 35.5. The number of halogens is 1. The summed E-state index contributed by atoms with van der Waals surface area (Å²) in [7, 11) is 4.02. The zero-order chi connectivity index (χ0) is 24.6. The van der Waals surface area contributed by atoms with E-state index in [1.807, 2.05) is 53.1 Å². The number of anilines is 1. The molecule has 2 aromatic rings. The van der Waals surface area contributed by atoms with Crippen molar-refractivity contribution in [1.82, 2.24) is 5.32 Å². The molecule has 0 amide bonds. The van der Waals surface area contributed by atoms with Gasteiger partial charge in [0, 0.05) is 54.1 Å². The number of carbonyl (C=O) groups is 2. The minimum absolute atomic E-state index is 0.0442. The fraction of sp³-hybridized carbons (Fsp3) is 0.357. The predicted molar refractivity (Wildman–Crippen MR) is 136 cm³/mol. The van der Waals surface area contributed by atoms with Crippen LogP contribution in [0.1, 0.15) is 56.6 Å². The summed E-state index contributed by atoms with van der Waals surface area (Å²) in [6, 6.07) is 15.8. The average Bonchev–Trinajstić information content (AvgIpc) is 2.77. The summed E-state index contributed by atoms with van der Waals surface area (Å²) in [5.74, 6) is -0.800. The van der Waals surface area contributed by atoms with Gasteiger partial charge in [0.05, 0.1) is 11.7 Å². The zero-order valence-electron chi connectivity index (χ0n) is 20.3. The van der Waals surface area contributed by atoms with Crippen molar-refractivity contribution >= 4 is 29.0 Å². The van der Waals surface area contributed by atoms with E-state index in [-0.39, 0.29) is 17.8 Å². The lowest BCUT2D eigenvalue weighted by molar-refractivity contribution is -0.143. The molecule has 1 heterocycles. The zero-order valence-corrected chi connectivity index (χ0v) is 21.1. The van der Waals surface area contributed by atoms with E-state index in [4.69, 9.17) is 16.3 Å². The summed E-state index contributed by atoms with van der Waals surface area (Å²) < 4.78 is 5.57. The number of Topliss-reactive ketones (excluding diaryl/α,β-unsaturated/α-hetero) is 1. The van der Waals surface area contributed by atoms with Gasteiger partial charge in [0.15, 0.2) is 5.78 Å². The quantitative estimate of drug-likeness (QED) is 0.557. The molecule has 0 bridgehead atoms. The third kappa shape index (κ3) is 4.76. The van der Waals surface area contributed by atoms with Crippen LogP contribution in [-0.2, 0) is 14.3 Å². The van der Waals surface area contributed by atoms with E-state index in [1.165, 1.54) is 0 Å². The largest absolute Gasteiger partial charge is 0.460 e. The molecule has 4 rings (SSSR count). The molecule has 1 aliphatic carbocycles. The highest BCUT2D eigenvalue weighted by Gasteiger charge is 2.41. The number of hydrogen-bond donors (Lipinski definition) is 1. The van der Waals surface area contributed by atoms with E-state index < -0.39 is 11.9 Å². The maximum absolute atomic E-state index is 13.6. The van der Waals surface area contributed by atoms with E-state index in [0.29, 0.717) is 34.7 Å². The van der Waals surface area contributed by atoms with Crippen LogP contribution in [0.15, 0.2) is 71.1 Å². The van der Waals surface area contributed by atoms with Crippen molar-refractivity contribution in [2.24, 2.45) is 0 Å². The molecule has 0 saturated carbocycles. The Balaban J connectivity index is 1.75. The standard InChI is InChI=1S/C28H31ClN2O3/c1-16(2)34-28(33)25-17(3)30-23-14-20(18-9-11-22(12-10-18)31(4)5)15-24(32)27(23)26(25)19-7-6-8-21(29)13-19/h6-13,16,20,26,30H,14-15H2,1-5H3/t20-,26+/m1/s1. The average molecular weight is 479 g/mol. The molecule has 178 valence electrons. The van der Waals surface area contributed by atoms with E-state index in [1.54, 1.807) is 6.07 Å². The Hall–Kier alpha value is -3.05. The van der Waals surface area contributed by atoms with Gasteiger partial charge < -0.3 is 15.0 Å². The third-order valence-corrected chi connectivity index (χ3v) is 6.69. The first kappa shape index (κ1) is 24.1. The van der Waals surface area contributed by atoms with Crippen LogP contribution >= 0.6 is 11.6 Å². The predicted octanol–water partition coefficient (Wildman–Crippen LogP) is 5.72. The van der Waals surface area contributed by atoms with Crippen LogP contribution in [0.3, 0.4) is 0 Å². The Morgan fingerprint density at radius 1 is 1.09 bits per heavy atom. The Bertz CT molecular complexity index is 1180. The summed E-state index contributed by atoms with van der Waals surface area (Å²) in [6.45, 7) is 5.51. The Labute approximate surface area is 206 Å². The van der Waals surface area contributed by atoms with Crippen molar-refractivity contribution in [3.8, 4) is 0 Å². The van der Waals surface area contributed by atoms with Gasteiger partial charge in [0.25, 0.3) is 0 Å². The summed E-state index contributed by atoms with van der Waals surface area (Å²) in [6.07, 6.45) is 0.827. The number of esters is 1. The molecule has 0 unspecified atom stereocenters. The molecular weight excluding hydrogens is 448 g/mol. The van der Waals surface area contributed by atoms with Crippen LogP contribution in [0.4, 0.5) is 5.69 Å². The van der Waals surface area contributed by atoms with Crippen molar-refractivity contribution in [1.29, 1.82) is 0 Å². The van der Waals surface area contributed by atoms with Crippen LogP contribution in [0.2, 0.25) is 5.02 Å². The van der Waals surface area contributed by atoms with E-state index in [2.05, 4.69) is 34.5 Å². The lowest BCUT2D eigenvalue weighted by Gasteiger charge is -2.37. The molecule has 2 atom stereocenters. The molecule has 0 spiro atoms. The molecule has 0 saturated heterocycles. The lowest BCUT2D eigenvalue weighted by atomic mass is 9.71. The number of carbonyl (C=O) groups excluding carboxylic acids is 2. The Morgan fingerprint density at radius 3 is 2.41 bits per heavy atom. The Morgan fingerprint density at radius 2 is 1.79 bits per heavy atom. The van der Waals surface area contributed by atoms with Crippen LogP contribution in [0.25, 0.3) is 0 Å². The van der Waals surface area contributed by atoms with Crippen molar-refractivity contribution in [3.63, 3.8) is 0 Å². The summed E-state index contributed by atoms with van der Waals surface area (Å²) in [5.41, 5.74) is 5.78. The van der Waals surface area contributed by atoms with Gasteiger partial charge in [-0.25, -0.2) is 4.79 Å². The van der Waals surface area contributed by atoms with Gasteiger partial charge in [-0.05, 0) is 68.5 Å². The summed E-state index contributed by atoms with van der Waals surface area (Å²) in [4.78, 5) is 28.8. The smallest absolute Gasteiger partial charge is 0.337 e. The lowest BCUT2D eigenvalue weighted by Crippen LogP contribution is -2.36. The molecule has 5 nitrogen and oxygen atoms in total. The number of ketones is 1. The number of hydrogen-bond acceptors (Lipinski definition) is 5. The molecule has 2 aliphatic rings. The third-order valence-electron chi connectivity index (χ3n) is 6.45. The van der Waals surface area contributed by atoms with Crippen LogP contribution in [0.5, 0.6) is 0 Å². The molecule has 0 radical (unpaired) electrons. The van der Waals surface area contributed by atoms with Crippen LogP contribution in [-0.4, -0.2) is 32.0 Å². The topological polar surface area (TPSA) is 58.6 Å². The van der Waals surface area contributed by atoms with Gasteiger partial charge in [-0.2, -0.15) is 0 Å². The summed E-state index contributed by atoms with van der Waals surface area (Å²) >= 11 is 6.31. The second-order valence-electron chi connectivity index (χ2n) is 9.51. The first-order valence-corrected chi connectivity index (χ1v) is 12.0.